The SMILES string of the molecule is CN1c2ccccc2Sc2cc(-c3cc4sc(-c5ccc6[nH]c(=O)c(/C=C(/C#N)C(=O)O)cc6c5)cc4s3)ccc21. The number of hydrogen-bond acceptors (Lipinski definition) is 7. The molecule has 0 fully saturated rings. The highest BCUT2D eigenvalue weighted by molar-refractivity contribution is 7.99. The molecular weight excluding hydrogens is 571 g/mol. The molecule has 0 bridgehead atoms. The maximum absolute atomic E-state index is 12.4. The Bertz CT molecular complexity index is 2150. The highest BCUT2D eigenvalue weighted by Gasteiger charge is 2.21. The van der Waals surface area contributed by atoms with Gasteiger partial charge in [-0.3, -0.25) is 4.79 Å². The van der Waals surface area contributed by atoms with E-state index in [0.717, 1.165) is 21.9 Å². The van der Waals surface area contributed by atoms with Crippen LogP contribution in [0.4, 0.5) is 11.4 Å². The molecule has 3 aromatic carbocycles. The van der Waals surface area contributed by atoms with Gasteiger partial charge in [0.1, 0.15) is 11.6 Å². The third-order valence-electron chi connectivity index (χ3n) is 7.07. The van der Waals surface area contributed by atoms with Crippen LogP contribution in [0.5, 0.6) is 0 Å². The Morgan fingerprint density at radius 1 is 0.902 bits per heavy atom. The second-order valence-corrected chi connectivity index (χ2v) is 12.8. The molecule has 6 nitrogen and oxygen atoms in total. The lowest BCUT2D eigenvalue weighted by molar-refractivity contribution is -0.132. The molecule has 1 aliphatic heterocycles. The van der Waals surface area contributed by atoms with E-state index in [9.17, 15) is 9.59 Å². The number of carbonyl (C=O) groups is 1. The van der Waals surface area contributed by atoms with Gasteiger partial charge in [-0.05, 0) is 77.2 Å². The number of para-hydroxylation sites is 1. The normalized spacial score (nSPS) is 12.8. The van der Waals surface area contributed by atoms with Crippen molar-refractivity contribution in [3.05, 3.63) is 100 Å². The van der Waals surface area contributed by atoms with Gasteiger partial charge in [0.15, 0.2) is 0 Å². The molecule has 0 atom stereocenters. The summed E-state index contributed by atoms with van der Waals surface area (Å²) in [5.74, 6) is -1.37. The highest BCUT2D eigenvalue weighted by Crippen LogP contribution is 2.49. The molecule has 1 aliphatic rings. The van der Waals surface area contributed by atoms with Gasteiger partial charge in [-0.15, -0.1) is 22.7 Å². The van der Waals surface area contributed by atoms with Gasteiger partial charge in [0.05, 0.1) is 11.4 Å². The Hall–Kier alpha value is -4.62. The highest BCUT2D eigenvalue weighted by atomic mass is 32.2. The Labute approximate surface area is 246 Å². The molecule has 0 spiro atoms. The summed E-state index contributed by atoms with van der Waals surface area (Å²) in [6.07, 6.45) is 1.10. The van der Waals surface area contributed by atoms with Crippen LogP contribution in [0.1, 0.15) is 5.56 Å². The summed E-state index contributed by atoms with van der Waals surface area (Å²) in [6, 6.07) is 28.6. The minimum Gasteiger partial charge on any atom is -0.477 e. The van der Waals surface area contributed by atoms with Gasteiger partial charge in [-0.2, -0.15) is 5.26 Å². The van der Waals surface area contributed by atoms with E-state index < -0.39 is 17.1 Å². The van der Waals surface area contributed by atoms with Gasteiger partial charge in [0.25, 0.3) is 5.56 Å². The first-order valence-electron chi connectivity index (χ1n) is 12.6. The fraction of sp³-hybridized carbons (Fsp3) is 0.0312. The van der Waals surface area contributed by atoms with Crippen molar-refractivity contribution in [2.45, 2.75) is 9.79 Å². The molecule has 6 aromatic rings. The second kappa shape index (κ2) is 9.78. The van der Waals surface area contributed by atoms with Gasteiger partial charge in [0.2, 0.25) is 0 Å². The zero-order chi connectivity index (χ0) is 28.2. The van der Waals surface area contributed by atoms with Gasteiger partial charge < -0.3 is 15.0 Å². The third-order valence-corrected chi connectivity index (χ3v) is 10.6. The molecule has 9 heteroatoms. The minimum atomic E-state index is -1.37. The summed E-state index contributed by atoms with van der Waals surface area (Å²) in [5.41, 5.74) is 4.47. The van der Waals surface area contributed by atoms with Crippen molar-refractivity contribution in [2.24, 2.45) is 0 Å². The van der Waals surface area contributed by atoms with Crippen molar-refractivity contribution in [2.75, 3.05) is 11.9 Å². The van der Waals surface area contributed by atoms with E-state index in [1.54, 1.807) is 34.8 Å². The van der Waals surface area contributed by atoms with Crippen molar-refractivity contribution in [1.82, 2.24) is 4.98 Å². The molecule has 0 saturated carbocycles. The fourth-order valence-corrected chi connectivity index (χ4v) is 8.57. The largest absolute Gasteiger partial charge is 0.477 e. The van der Waals surface area contributed by atoms with Crippen molar-refractivity contribution in [3.8, 4) is 27.0 Å². The smallest absolute Gasteiger partial charge is 0.346 e. The Morgan fingerprint density at radius 2 is 1.59 bits per heavy atom. The van der Waals surface area contributed by atoms with Crippen molar-refractivity contribution in [3.63, 3.8) is 0 Å². The topological polar surface area (TPSA) is 97.2 Å². The predicted molar refractivity (Wildman–Crippen MR) is 169 cm³/mol. The quantitative estimate of drug-likeness (QED) is 0.158. The van der Waals surface area contributed by atoms with E-state index in [1.807, 2.05) is 30.0 Å². The number of pyridine rings is 1. The summed E-state index contributed by atoms with van der Waals surface area (Å²) in [6.45, 7) is 0. The number of rotatable bonds is 4. The summed E-state index contributed by atoms with van der Waals surface area (Å²) in [5, 5.41) is 19.0. The number of anilines is 2. The van der Waals surface area contributed by atoms with E-state index in [0.29, 0.717) is 5.52 Å². The first-order chi connectivity index (χ1) is 19.9. The van der Waals surface area contributed by atoms with Crippen LogP contribution in [0.25, 0.3) is 47.3 Å². The van der Waals surface area contributed by atoms with Gasteiger partial charge in [-0.1, -0.05) is 36.0 Å². The summed E-state index contributed by atoms with van der Waals surface area (Å²) in [4.78, 5) is 33.5. The Balaban J connectivity index is 1.21. The average molecular weight is 590 g/mol. The lowest BCUT2D eigenvalue weighted by Gasteiger charge is -2.29. The van der Waals surface area contributed by atoms with Gasteiger partial charge >= 0.3 is 5.97 Å². The van der Waals surface area contributed by atoms with Crippen molar-refractivity contribution in [1.29, 1.82) is 5.26 Å². The number of aromatic amines is 1. The van der Waals surface area contributed by atoms with E-state index in [1.165, 1.54) is 41.0 Å². The summed E-state index contributed by atoms with van der Waals surface area (Å²) >= 11 is 5.29. The Morgan fingerprint density at radius 3 is 2.32 bits per heavy atom. The molecule has 0 aliphatic carbocycles. The number of aliphatic carboxylic acids is 1. The first-order valence-corrected chi connectivity index (χ1v) is 15.0. The lowest BCUT2D eigenvalue weighted by atomic mass is 10.1. The number of nitrogens with one attached hydrogen (secondary N) is 1. The van der Waals surface area contributed by atoms with Crippen LogP contribution in [0.3, 0.4) is 0 Å². The summed E-state index contributed by atoms with van der Waals surface area (Å²) in [7, 11) is 2.11. The van der Waals surface area contributed by atoms with E-state index in [-0.39, 0.29) is 5.56 Å². The minimum absolute atomic E-state index is 0.128. The molecule has 0 amide bonds. The molecule has 7 rings (SSSR count). The molecule has 4 heterocycles. The molecule has 3 aromatic heterocycles. The number of benzene rings is 3. The van der Waals surface area contributed by atoms with Gasteiger partial charge in [0, 0.05) is 47.1 Å². The number of nitriles is 1. The Kier molecular flexibility index (Phi) is 6.05. The average Bonchev–Trinajstić information content (AvgIpc) is 3.55. The number of nitrogens with zero attached hydrogens (tertiary/aromatic N) is 2. The predicted octanol–water partition coefficient (Wildman–Crippen LogP) is 8.36. The van der Waals surface area contributed by atoms with Crippen LogP contribution in [0, 0.1) is 11.3 Å². The molecule has 41 heavy (non-hydrogen) atoms. The van der Waals surface area contributed by atoms with Gasteiger partial charge in [-0.25, -0.2) is 4.79 Å². The monoisotopic (exact) mass is 589 g/mol. The number of fused-ring (bicyclic) bond motifs is 4. The zero-order valence-electron chi connectivity index (χ0n) is 21.5. The number of H-pyrrole nitrogens is 1. The van der Waals surface area contributed by atoms with Crippen LogP contribution in [0.2, 0.25) is 0 Å². The van der Waals surface area contributed by atoms with Crippen molar-refractivity contribution < 1.29 is 9.90 Å². The maximum atomic E-state index is 12.4. The summed E-state index contributed by atoms with van der Waals surface area (Å²) < 4.78 is 2.41. The van der Waals surface area contributed by atoms with Crippen LogP contribution in [-0.2, 0) is 4.79 Å². The van der Waals surface area contributed by atoms with E-state index >= 15 is 0 Å². The van der Waals surface area contributed by atoms with E-state index in [2.05, 4.69) is 71.5 Å². The number of thiophene rings is 2. The lowest BCUT2D eigenvalue weighted by Crippen LogP contribution is -2.14. The van der Waals surface area contributed by atoms with E-state index in [4.69, 9.17) is 10.4 Å². The second-order valence-electron chi connectivity index (χ2n) is 9.59. The maximum Gasteiger partial charge on any atom is 0.346 e. The fourth-order valence-electron chi connectivity index (χ4n) is 5.00. The first kappa shape index (κ1) is 25.4. The zero-order valence-corrected chi connectivity index (χ0v) is 23.9. The van der Waals surface area contributed by atoms with Crippen LogP contribution in [-0.4, -0.2) is 23.1 Å². The van der Waals surface area contributed by atoms with Crippen molar-refractivity contribution >= 4 is 78.2 Å². The molecule has 198 valence electrons. The van der Waals surface area contributed by atoms with Crippen LogP contribution >= 0.6 is 34.4 Å². The molecule has 2 N–H and O–H groups in total. The third kappa shape index (κ3) is 4.43. The molecular formula is C32H19N3O3S3. The van der Waals surface area contributed by atoms with Crippen LogP contribution < -0.4 is 10.5 Å². The number of hydrogen-bond donors (Lipinski definition) is 2. The van der Waals surface area contributed by atoms with Crippen LogP contribution in [0.15, 0.2) is 99.0 Å². The number of carboxylic acids is 1. The standard InChI is InChI=1S/C32H19N3O3S3/c1-35-23-4-2-3-5-25(23)39-28-13-18(7-9-24(28)35)27-15-30-29(41-27)14-26(40-30)17-6-8-22-19(10-17)11-20(31(36)34-22)12-21(16-33)32(37)38/h2-15H,1H3,(H,34,36)(H,37,38)/b21-12-. The number of aromatic nitrogens is 1. The molecule has 0 saturated heterocycles. The molecule has 0 unspecified atom stereocenters. The molecule has 0 radical (unpaired) electrons. The number of carboxylic acid groups (broad SMARTS) is 1.